The molecule has 0 saturated heterocycles. The first-order valence-electron chi connectivity index (χ1n) is 8.65. The van der Waals surface area contributed by atoms with Crippen LogP contribution in [0.25, 0.3) is 0 Å². The first kappa shape index (κ1) is 18.1. The molecule has 3 heteroatoms. The maximum Gasteiger partial charge on any atom is 0.0107 e. The van der Waals surface area contributed by atoms with Crippen molar-refractivity contribution < 1.29 is 0 Å². The van der Waals surface area contributed by atoms with Crippen LogP contribution < -0.4 is 15.9 Å². The van der Waals surface area contributed by atoms with E-state index in [1.807, 2.05) is 0 Å². The third-order valence-corrected chi connectivity index (χ3v) is 6.66. The Labute approximate surface area is 142 Å². The van der Waals surface area contributed by atoms with Crippen molar-refractivity contribution in [2.45, 2.75) is 13.8 Å². The predicted octanol–water partition coefficient (Wildman–Crippen LogP) is 3.05. The highest BCUT2D eigenvalue weighted by Gasteiger charge is 2.12. The Balaban J connectivity index is 1.89. The van der Waals surface area contributed by atoms with Crippen LogP contribution in [0.5, 0.6) is 0 Å². The smallest absolute Gasteiger partial charge is 0.0107 e. The summed E-state index contributed by atoms with van der Waals surface area (Å²) in [5.74, 6) is 0. The fourth-order valence-corrected chi connectivity index (χ4v) is 4.98. The zero-order chi connectivity index (χ0) is 16.3. The molecule has 0 fully saturated rings. The van der Waals surface area contributed by atoms with Gasteiger partial charge in [-0.3, -0.25) is 0 Å². The number of likely N-dealkylation sites (N-methyl/N-ethyl adjacent to an activating group) is 1. The predicted molar refractivity (Wildman–Crippen MR) is 105 cm³/mol. The van der Waals surface area contributed by atoms with Crippen LogP contribution in [0.1, 0.15) is 13.8 Å². The molecule has 0 radical (unpaired) electrons. The molecule has 0 saturated carbocycles. The molecule has 2 nitrogen and oxygen atoms in total. The van der Waals surface area contributed by atoms with Crippen molar-refractivity contribution in [1.82, 2.24) is 10.2 Å². The van der Waals surface area contributed by atoms with Crippen LogP contribution in [0.4, 0.5) is 0 Å². The fourth-order valence-electron chi connectivity index (χ4n) is 2.72. The highest BCUT2D eigenvalue weighted by atomic mass is 31.1. The van der Waals surface area contributed by atoms with Crippen LogP contribution in [0, 0.1) is 0 Å². The van der Waals surface area contributed by atoms with E-state index in [2.05, 4.69) is 84.7 Å². The number of nitrogens with one attached hydrogen (secondary N) is 1. The Kier molecular flexibility index (Phi) is 8.31. The molecule has 0 spiro atoms. The number of rotatable bonds is 10. The Morgan fingerprint density at radius 2 is 1.30 bits per heavy atom. The molecule has 0 aliphatic rings. The molecule has 0 aliphatic carbocycles. The minimum atomic E-state index is -0.266. The van der Waals surface area contributed by atoms with Gasteiger partial charge in [-0.1, -0.05) is 74.5 Å². The van der Waals surface area contributed by atoms with Gasteiger partial charge in [-0.05, 0) is 44.3 Å². The van der Waals surface area contributed by atoms with Gasteiger partial charge >= 0.3 is 0 Å². The molecule has 2 aromatic carbocycles. The van der Waals surface area contributed by atoms with Crippen LogP contribution in [-0.2, 0) is 0 Å². The van der Waals surface area contributed by atoms with E-state index in [4.69, 9.17) is 0 Å². The standard InChI is InChI=1S/C20H29N2P/c1-3-22(4-2)17-15-21-16-18-23(19-11-7-5-8-12-19)20-13-9-6-10-14-20/h5-14,21H,3-4,15-18H2,1-2H3. The van der Waals surface area contributed by atoms with Crippen molar-refractivity contribution in [3.63, 3.8) is 0 Å². The number of nitrogens with zero attached hydrogens (tertiary/aromatic N) is 1. The molecule has 124 valence electrons. The minimum absolute atomic E-state index is 0.266. The van der Waals surface area contributed by atoms with Crippen molar-refractivity contribution in [2.75, 3.05) is 38.9 Å². The maximum atomic E-state index is 3.63. The van der Waals surface area contributed by atoms with Crippen molar-refractivity contribution in [3.8, 4) is 0 Å². The van der Waals surface area contributed by atoms with E-state index in [0.717, 1.165) is 32.7 Å². The molecule has 0 bridgehead atoms. The Morgan fingerprint density at radius 3 is 1.78 bits per heavy atom. The van der Waals surface area contributed by atoms with Gasteiger partial charge in [-0.2, -0.15) is 0 Å². The molecule has 0 atom stereocenters. The summed E-state index contributed by atoms with van der Waals surface area (Å²) in [6.07, 6.45) is 1.20. The molecular weight excluding hydrogens is 299 g/mol. The van der Waals surface area contributed by atoms with E-state index in [9.17, 15) is 0 Å². The van der Waals surface area contributed by atoms with Crippen LogP contribution in [0.15, 0.2) is 60.7 Å². The van der Waals surface area contributed by atoms with Gasteiger partial charge in [0, 0.05) is 13.1 Å². The highest BCUT2D eigenvalue weighted by molar-refractivity contribution is 7.73. The third kappa shape index (κ3) is 6.06. The molecular formula is C20H29N2P. The van der Waals surface area contributed by atoms with Gasteiger partial charge in [0.2, 0.25) is 0 Å². The van der Waals surface area contributed by atoms with E-state index < -0.39 is 0 Å². The van der Waals surface area contributed by atoms with Crippen LogP contribution >= 0.6 is 7.92 Å². The largest absolute Gasteiger partial charge is 0.315 e. The van der Waals surface area contributed by atoms with E-state index in [-0.39, 0.29) is 7.92 Å². The molecule has 0 aromatic heterocycles. The van der Waals surface area contributed by atoms with E-state index >= 15 is 0 Å². The summed E-state index contributed by atoms with van der Waals surface area (Å²) < 4.78 is 0. The second-order valence-corrected chi connectivity index (χ2v) is 7.94. The average Bonchev–Trinajstić information content (AvgIpc) is 2.63. The zero-order valence-electron chi connectivity index (χ0n) is 14.4. The molecule has 1 N–H and O–H groups in total. The number of hydrogen-bond donors (Lipinski definition) is 1. The Morgan fingerprint density at radius 1 is 0.783 bits per heavy atom. The van der Waals surface area contributed by atoms with Crippen molar-refractivity contribution >= 4 is 18.5 Å². The average molecular weight is 328 g/mol. The normalized spacial score (nSPS) is 11.3. The lowest BCUT2D eigenvalue weighted by Gasteiger charge is -2.21. The third-order valence-electron chi connectivity index (χ3n) is 4.15. The van der Waals surface area contributed by atoms with Crippen molar-refractivity contribution in [1.29, 1.82) is 0 Å². The van der Waals surface area contributed by atoms with Crippen LogP contribution in [0.2, 0.25) is 0 Å². The van der Waals surface area contributed by atoms with Gasteiger partial charge in [0.25, 0.3) is 0 Å². The van der Waals surface area contributed by atoms with Crippen molar-refractivity contribution in [2.24, 2.45) is 0 Å². The maximum absolute atomic E-state index is 3.63. The van der Waals surface area contributed by atoms with Crippen molar-refractivity contribution in [3.05, 3.63) is 60.7 Å². The number of benzene rings is 2. The topological polar surface area (TPSA) is 15.3 Å². The second kappa shape index (κ2) is 10.5. The SMILES string of the molecule is CCN(CC)CCNCCP(c1ccccc1)c1ccccc1. The monoisotopic (exact) mass is 328 g/mol. The van der Waals surface area contributed by atoms with Gasteiger partial charge in [-0.15, -0.1) is 0 Å². The summed E-state index contributed by atoms with van der Waals surface area (Å²) in [6.45, 7) is 10.0. The fraction of sp³-hybridized carbons (Fsp3) is 0.400. The Hall–Kier alpha value is -1.21. The molecule has 2 aromatic rings. The molecule has 23 heavy (non-hydrogen) atoms. The zero-order valence-corrected chi connectivity index (χ0v) is 15.3. The van der Waals surface area contributed by atoms with Gasteiger partial charge in [0.15, 0.2) is 0 Å². The molecule has 0 aliphatic heterocycles. The van der Waals surface area contributed by atoms with Gasteiger partial charge < -0.3 is 10.2 Å². The summed E-state index contributed by atoms with van der Waals surface area (Å²) in [7, 11) is -0.266. The summed E-state index contributed by atoms with van der Waals surface area (Å²) in [5.41, 5.74) is 0. The lowest BCUT2D eigenvalue weighted by molar-refractivity contribution is 0.303. The molecule has 0 unspecified atom stereocenters. The summed E-state index contributed by atoms with van der Waals surface area (Å²) in [6, 6.07) is 21.9. The van der Waals surface area contributed by atoms with Gasteiger partial charge in [0.1, 0.15) is 0 Å². The highest BCUT2D eigenvalue weighted by Crippen LogP contribution is 2.32. The van der Waals surface area contributed by atoms with Crippen LogP contribution in [0.3, 0.4) is 0 Å². The second-order valence-electron chi connectivity index (χ2n) is 5.60. The number of hydrogen-bond acceptors (Lipinski definition) is 2. The van der Waals surface area contributed by atoms with E-state index in [1.165, 1.54) is 16.8 Å². The minimum Gasteiger partial charge on any atom is -0.315 e. The van der Waals surface area contributed by atoms with Gasteiger partial charge in [-0.25, -0.2) is 0 Å². The molecule has 0 heterocycles. The lowest BCUT2D eigenvalue weighted by atomic mass is 10.4. The summed E-state index contributed by atoms with van der Waals surface area (Å²) in [4.78, 5) is 2.46. The van der Waals surface area contributed by atoms with Crippen LogP contribution in [-0.4, -0.2) is 43.8 Å². The van der Waals surface area contributed by atoms with E-state index in [1.54, 1.807) is 0 Å². The molecule has 0 amide bonds. The first-order valence-corrected chi connectivity index (χ1v) is 10.2. The molecule has 2 rings (SSSR count). The van der Waals surface area contributed by atoms with E-state index in [0.29, 0.717) is 0 Å². The summed E-state index contributed by atoms with van der Waals surface area (Å²) in [5, 5.41) is 6.57. The summed E-state index contributed by atoms with van der Waals surface area (Å²) >= 11 is 0. The Bertz CT molecular complexity index is 486. The lowest BCUT2D eigenvalue weighted by Crippen LogP contribution is -2.33. The first-order chi connectivity index (χ1) is 11.3. The van der Waals surface area contributed by atoms with Gasteiger partial charge in [0.05, 0.1) is 0 Å². The quantitative estimate of drug-likeness (QED) is 0.533.